The number of rotatable bonds is 3. The standard InChI is InChI=1S/C19H11ClFIN4/c20-15-9-13(4-5-16(15)21)24-19-14-8-12(22)3-6-17(14)25-18(26-19)11-2-1-7-23-10-11/h1-10H,(H,24,25,26). The normalized spacial score (nSPS) is 10.9. The van der Waals surface area contributed by atoms with Crippen molar-refractivity contribution in [2.24, 2.45) is 0 Å². The molecule has 4 nitrogen and oxygen atoms in total. The van der Waals surface area contributed by atoms with E-state index in [-0.39, 0.29) is 5.02 Å². The van der Waals surface area contributed by atoms with Crippen LogP contribution in [0.15, 0.2) is 60.9 Å². The third kappa shape index (κ3) is 3.47. The van der Waals surface area contributed by atoms with Gasteiger partial charge in [-0.2, -0.15) is 0 Å². The van der Waals surface area contributed by atoms with Crippen LogP contribution in [-0.2, 0) is 0 Å². The summed E-state index contributed by atoms with van der Waals surface area (Å²) in [4.78, 5) is 13.4. The number of pyridine rings is 1. The van der Waals surface area contributed by atoms with Gasteiger partial charge in [0.05, 0.1) is 10.5 Å². The molecule has 0 aliphatic rings. The lowest BCUT2D eigenvalue weighted by Crippen LogP contribution is -2.00. The molecular formula is C19H11ClFIN4. The predicted molar refractivity (Wildman–Crippen MR) is 110 cm³/mol. The summed E-state index contributed by atoms with van der Waals surface area (Å²) < 4.78 is 14.5. The van der Waals surface area contributed by atoms with Gasteiger partial charge in [0.2, 0.25) is 0 Å². The number of aromatic nitrogens is 3. The Balaban J connectivity index is 1.87. The molecule has 0 spiro atoms. The van der Waals surface area contributed by atoms with E-state index < -0.39 is 5.82 Å². The molecule has 0 atom stereocenters. The number of anilines is 2. The molecule has 0 saturated carbocycles. The van der Waals surface area contributed by atoms with E-state index in [2.05, 4.69) is 42.9 Å². The maximum absolute atomic E-state index is 13.4. The van der Waals surface area contributed by atoms with Gasteiger partial charge in [-0.3, -0.25) is 4.98 Å². The Morgan fingerprint density at radius 2 is 1.92 bits per heavy atom. The van der Waals surface area contributed by atoms with Crippen molar-refractivity contribution in [1.29, 1.82) is 0 Å². The minimum atomic E-state index is -0.463. The Labute approximate surface area is 167 Å². The molecular weight excluding hydrogens is 466 g/mol. The molecule has 2 aromatic heterocycles. The summed E-state index contributed by atoms with van der Waals surface area (Å²) in [7, 11) is 0. The van der Waals surface area contributed by atoms with E-state index in [0.717, 1.165) is 20.0 Å². The monoisotopic (exact) mass is 476 g/mol. The van der Waals surface area contributed by atoms with Crippen LogP contribution in [0.3, 0.4) is 0 Å². The van der Waals surface area contributed by atoms with Crippen LogP contribution >= 0.6 is 34.2 Å². The molecule has 0 radical (unpaired) electrons. The quantitative estimate of drug-likeness (QED) is 0.378. The van der Waals surface area contributed by atoms with E-state index in [1.807, 2.05) is 30.3 Å². The average molecular weight is 477 g/mol. The largest absolute Gasteiger partial charge is 0.340 e. The number of hydrogen-bond acceptors (Lipinski definition) is 4. The van der Waals surface area contributed by atoms with Crippen LogP contribution in [0.25, 0.3) is 22.3 Å². The van der Waals surface area contributed by atoms with Crippen molar-refractivity contribution in [3.63, 3.8) is 0 Å². The number of benzene rings is 2. The zero-order valence-electron chi connectivity index (χ0n) is 13.2. The van der Waals surface area contributed by atoms with E-state index in [9.17, 15) is 4.39 Å². The fourth-order valence-electron chi connectivity index (χ4n) is 2.53. The second kappa shape index (κ2) is 7.13. The minimum absolute atomic E-state index is 0.0513. The minimum Gasteiger partial charge on any atom is -0.340 e. The van der Waals surface area contributed by atoms with E-state index in [0.29, 0.717) is 17.3 Å². The molecule has 0 bridgehead atoms. The Kier molecular flexibility index (Phi) is 4.69. The Hall–Kier alpha value is -2.32. The first-order valence-electron chi connectivity index (χ1n) is 7.70. The lowest BCUT2D eigenvalue weighted by Gasteiger charge is -2.12. The first kappa shape index (κ1) is 17.1. The van der Waals surface area contributed by atoms with Gasteiger partial charge >= 0.3 is 0 Å². The Morgan fingerprint density at radius 1 is 1.04 bits per heavy atom. The topological polar surface area (TPSA) is 50.7 Å². The van der Waals surface area contributed by atoms with Gasteiger partial charge in [-0.15, -0.1) is 0 Å². The first-order chi connectivity index (χ1) is 12.6. The molecule has 2 heterocycles. The van der Waals surface area contributed by atoms with Crippen LogP contribution in [0.1, 0.15) is 0 Å². The zero-order valence-corrected chi connectivity index (χ0v) is 16.2. The second-order valence-electron chi connectivity index (χ2n) is 5.55. The predicted octanol–water partition coefficient (Wildman–Crippen LogP) is 5.83. The van der Waals surface area contributed by atoms with Crippen LogP contribution in [0.5, 0.6) is 0 Å². The summed E-state index contributed by atoms with van der Waals surface area (Å²) in [6.45, 7) is 0. The van der Waals surface area contributed by atoms with Gasteiger partial charge in [0.1, 0.15) is 11.6 Å². The molecule has 0 aliphatic heterocycles. The van der Waals surface area contributed by atoms with Crippen molar-refractivity contribution in [1.82, 2.24) is 15.0 Å². The highest BCUT2D eigenvalue weighted by Gasteiger charge is 2.11. The highest BCUT2D eigenvalue weighted by atomic mass is 127. The Morgan fingerprint density at radius 3 is 2.69 bits per heavy atom. The second-order valence-corrected chi connectivity index (χ2v) is 7.21. The molecule has 1 N–H and O–H groups in total. The number of nitrogens with zero attached hydrogens (tertiary/aromatic N) is 3. The summed E-state index contributed by atoms with van der Waals surface area (Å²) >= 11 is 8.13. The van der Waals surface area contributed by atoms with Gasteiger partial charge in [0, 0.05) is 32.6 Å². The molecule has 2 aromatic carbocycles. The maximum atomic E-state index is 13.4. The van der Waals surface area contributed by atoms with E-state index >= 15 is 0 Å². The first-order valence-corrected chi connectivity index (χ1v) is 9.15. The summed E-state index contributed by atoms with van der Waals surface area (Å²) in [6, 6.07) is 14.1. The lowest BCUT2D eigenvalue weighted by molar-refractivity contribution is 0.628. The highest BCUT2D eigenvalue weighted by molar-refractivity contribution is 14.1. The van der Waals surface area contributed by atoms with Crippen LogP contribution in [0.2, 0.25) is 5.02 Å². The van der Waals surface area contributed by atoms with Crippen molar-refractivity contribution < 1.29 is 4.39 Å². The summed E-state index contributed by atoms with van der Waals surface area (Å²) in [5.41, 5.74) is 2.26. The lowest BCUT2D eigenvalue weighted by atomic mass is 10.2. The van der Waals surface area contributed by atoms with Crippen LogP contribution in [-0.4, -0.2) is 15.0 Å². The van der Waals surface area contributed by atoms with Gasteiger partial charge in [-0.05, 0) is 71.1 Å². The van der Waals surface area contributed by atoms with Crippen molar-refractivity contribution in [3.05, 3.63) is 75.3 Å². The molecule has 0 aliphatic carbocycles. The summed E-state index contributed by atoms with van der Waals surface area (Å²) in [6.07, 6.45) is 3.42. The Bertz CT molecular complexity index is 1110. The molecule has 7 heteroatoms. The average Bonchev–Trinajstić information content (AvgIpc) is 2.65. The van der Waals surface area contributed by atoms with Crippen LogP contribution in [0, 0.1) is 9.39 Å². The molecule has 0 fully saturated rings. The van der Waals surface area contributed by atoms with E-state index in [1.165, 1.54) is 12.1 Å². The molecule has 4 aromatic rings. The smallest absolute Gasteiger partial charge is 0.163 e. The third-order valence-corrected chi connectivity index (χ3v) is 4.72. The molecule has 26 heavy (non-hydrogen) atoms. The fraction of sp³-hybridized carbons (Fsp3) is 0. The number of halogens is 3. The van der Waals surface area contributed by atoms with Crippen LogP contribution < -0.4 is 5.32 Å². The van der Waals surface area contributed by atoms with Crippen molar-refractivity contribution in [2.45, 2.75) is 0 Å². The maximum Gasteiger partial charge on any atom is 0.163 e. The third-order valence-electron chi connectivity index (χ3n) is 3.76. The van der Waals surface area contributed by atoms with Crippen molar-refractivity contribution in [3.8, 4) is 11.4 Å². The van der Waals surface area contributed by atoms with Crippen molar-refractivity contribution in [2.75, 3.05) is 5.32 Å². The molecule has 128 valence electrons. The molecule has 4 rings (SSSR count). The highest BCUT2D eigenvalue weighted by Crippen LogP contribution is 2.29. The number of hydrogen-bond donors (Lipinski definition) is 1. The summed E-state index contributed by atoms with van der Waals surface area (Å²) in [5.74, 6) is 0.716. The number of fused-ring (bicyclic) bond motifs is 1. The zero-order chi connectivity index (χ0) is 18.1. The SMILES string of the molecule is Fc1ccc(Nc2nc(-c3cccnc3)nc3ccc(I)cc23)cc1Cl. The fourth-order valence-corrected chi connectivity index (χ4v) is 3.20. The van der Waals surface area contributed by atoms with E-state index in [1.54, 1.807) is 18.5 Å². The van der Waals surface area contributed by atoms with Gasteiger partial charge in [0.25, 0.3) is 0 Å². The van der Waals surface area contributed by atoms with Gasteiger partial charge < -0.3 is 5.32 Å². The van der Waals surface area contributed by atoms with Crippen LogP contribution in [0.4, 0.5) is 15.9 Å². The van der Waals surface area contributed by atoms with Gasteiger partial charge in [-0.25, -0.2) is 14.4 Å². The van der Waals surface area contributed by atoms with Crippen molar-refractivity contribution >= 4 is 56.6 Å². The summed E-state index contributed by atoms with van der Waals surface area (Å²) in [5, 5.41) is 4.14. The number of nitrogens with one attached hydrogen (secondary N) is 1. The van der Waals surface area contributed by atoms with Gasteiger partial charge in [0.15, 0.2) is 5.82 Å². The molecule has 0 unspecified atom stereocenters. The molecule has 0 amide bonds. The van der Waals surface area contributed by atoms with Gasteiger partial charge in [-0.1, -0.05) is 11.6 Å². The van der Waals surface area contributed by atoms with E-state index in [4.69, 9.17) is 11.6 Å². The molecule has 0 saturated heterocycles.